The monoisotopic (exact) mass is 504 g/mol. The number of esters is 1. The van der Waals surface area contributed by atoms with Crippen LogP contribution in [0, 0.1) is 0 Å². The van der Waals surface area contributed by atoms with Gasteiger partial charge in [0, 0.05) is 6.08 Å². The molecule has 0 aromatic carbocycles. The van der Waals surface area contributed by atoms with E-state index in [9.17, 15) is 61.9 Å². The lowest BCUT2D eigenvalue weighted by Gasteiger charge is -2.40. The van der Waals surface area contributed by atoms with Gasteiger partial charge in [0.1, 0.15) is 19.3 Å². The summed E-state index contributed by atoms with van der Waals surface area (Å²) in [5.41, 5.74) is 0. The highest BCUT2D eigenvalue weighted by Crippen LogP contribution is 2.60. The molecule has 0 saturated heterocycles. The molecule has 0 aromatic rings. The minimum absolute atomic E-state index is 0.419. The summed E-state index contributed by atoms with van der Waals surface area (Å²) >= 11 is 0. The summed E-state index contributed by atoms with van der Waals surface area (Å²) in [5.74, 6) is -39.1. The van der Waals surface area contributed by atoms with Crippen molar-refractivity contribution in [3.8, 4) is 0 Å². The Balaban J connectivity index is 6.05. The summed E-state index contributed by atoms with van der Waals surface area (Å²) in [6.07, 6.45) is -11.6. The molecule has 32 heavy (non-hydrogen) atoms. The van der Waals surface area contributed by atoms with E-state index in [1.165, 1.54) is 0 Å². The first-order chi connectivity index (χ1) is 14.1. The molecular formula is C15H13F13O4. The summed E-state index contributed by atoms with van der Waals surface area (Å²) in [7, 11) is 0. The number of halogens is 13. The van der Waals surface area contributed by atoms with Gasteiger partial charge in [-0.15, -0.1) is 6.58 Å². The van der Waals surface area contributed by atoms with Crippen molar-refractivity contribution in [2.24, 2.45) is 0 Å². The van der Waals surface area contributed by atoms with Gasteiger partial charge in [0.25, 0.3) is 0 Å². The molecule has 0 N–H and O–H groups in total. The van der Waals surface area contributed by atoms with Crippen LogP contribution in [0.1, 0.15) is 6.42 Å². The van der Waals surface area contributed by atoms with Gasteiger partial charge in [-0.2, -0.15) is 57.1 Å². The van der Waals surface area contributed by atoms with Crippen LogP contribution in [-0.2, 0) is 19.3 Å². The van der Waals surface area contributed by atoms with E-state index in [1.807, 2.05) is 0 Å². The van der Waals surface area contributed by atoms with E-state index in [1.54, 1.807) is 0 Å². The Morgan fingerprint density at radius 1 is 0.781 bits per heavy atom. The third-order valence-corrected chi connectivity index (χ3v) is 3.45. The normalized spacial score (nSPS) is 15.3. The van der Waals surface area contributed by atoms with Crippen molar-refractivity contribution in [3.05, 3.63) is 25.3 Å². The number of hydrogen-bond donors (Lipinski definition) is 0. The Labute approximate surface area is 170 Å². The molecular weight excluding hydrogens is 491 g/mol. The fourth-order valence-electron chi connectivity index (χ4n) is 1.75. The number of alkyl halides is 13. The number of rotatable bonds is 13. The molecule has 0 fully saturated rings. The zero-order valence-electron chi connectivity index (χ0n) is 15.3. The highest BCUT2D eigenvalue weighted by atomic mass is 19.4. The van der Waals surface area contributed by atoms with Crippen LogP contribution in [-0.4, -0.2) is 61.1 Å². The minimum atomic E-state index is -8.02. The summed E-state index contributed by atoms with van der Waals surface area (Å²) < 4.78 is 174. The van der Waals surface area contributed by atoms with Gasteiger partial charge >= 0.3 is 41.8 Å². The van der Waals surface area contributed by atoms with E-state index >= 15 is 0 Å². The number of carbonyl (C=O) groups excluding carboxylic acids is 1. The maximum atomic E-state index is 13.9. The van der Waals surface area contributed by atoms with Gasteiger partial charge in [-0.25, -0.2) is 14.6 Å². The molecule has 1 unspecified atom stereocenters. The van der Waals surface area contributed by atoms with Gasteiger partial charge in [-0.05, 0) is 0 Å². The quantitative estimate of drug-likeness (QED) is 0.0646. The molecule has 0 aromatic heterocycles. The van der Waals surface area contributed by atoms with Crippen molar-refractivity contribution in [1.29, 1.82) is 0 Å². The lowest BCUT2D eigenvalue weighted by molar-refractivity contribution is -0.442. The molecule has 0 amide bonds. The van der Waals surface area contributed by atoms with Crippen LogP contribution < -0.4 is 0 Å². The Hall–Kier alpha value is -2.04. The van der Waals surface area contributed by atoms with Crippen LogP contribution in [0.5, 0.6) is 0 Å². The maximum Gasteiger partial charge on any atom is 0.460 e. The lowest BCUT2D eigenvalue weighted by atomic mass is 9.91. The van der Waals surface area contributed by atoms with Gasteiger partial charge in [-0.3, -0.25) is 0 Å². The molecule has 0 heterocycles. The first-order valence-electron chi connectivity index (χ1n) is 7.78. The molecule has 0 aliphatic rings. The van der Waals surface area contributed by atoms with E-state index < -0.39 is 67.5 Å². The van der Waals surface area contributed by atoms with Crippen molar-refractivity contribution in [3.63, 3.8) is 0 Å². The molecule has 0 saturated carbocycles. The summed E-state index contributed by atoms with van der Waals surface area (Å²) in [6.45, 7) is 3.78. The predicted molar refractivity (Wildman–Crippen MR) is 77.6 cm³/mol. The second kappa shape index (κ2) is 9.84. The smallest absolute Gasteiger partial charge is 0.460 e. The van der Waals surface area contributed by atoms with Crippen LogP contribution in [0.3, 0.4) is 0 Å². The van der Waals surface area contributed by atoms with Gasteiger partial charge in [-0.1, -0.05) is 12.7 Å². The zero-order valence-corrected chi connectivity index (χ0v) is 15.3. The molecule has 0 radical (unpaired) electrons. The first kappa shape index (κ1) is 30.0. The second-order valence-corrected chi connectivity index (χ2v) is 5.83. The SMILES string of the molecule is C=CCOOC(COC(=O)C=C)CC(F)(F)C(F)(F)C(F)(F)C(F)(F)C(F)(F)C(F)(F)F. The summed E-state index contributed by atoms with van der Waals surface area (Å²) in [6, 6.07) is 0. The lowest BCUT2D eigenvalue weighted by Crippen LogP contribution is -2.70. The van der Waals surface area contributed by atoms with Gasteiger partial charge in [0.2, 0.25) is 0 Å². The molecule has 17 heteroatoms. The zero-order chi connectivity index (χ0) is 25.8. The average molecular weight is 504 g/mol. The van der Waals surface area contributed by atoms with Gasteiger partial charge in [0.05, 0.1) is 6.42 Å². The molecule has 4 nitrogen and oxygen atoms in total. The number of carbonyl (C=O) groups is 1. The molecule has 0 aliphatic heterocycles. The molecule has 0 aliphatic carbocycles. The highest BCUT2D eigenvalue weighted by molar-refractivity contribution is 5.81. The first-order valence-corrected chi connectivity index (χ1v) is 7.78. The molecule has 0 spiro atoms. The molecule has 188 valence electrons. The highest BCUT2D eigenvalue weighted by Gasteiger charge is 2.90. The van der Waals surface area contributed by atoms with Crippen LogP contribution >= 0.6 is 0 Å². The van der Waals surface area contributed by atoms with Crippen LogP contribution in [0.15, 0.2) is 25.3 Å². The standard InChI is InChI=1S/C15H13F13O4/c1-3-5-31-32-8(7-30-9(29)4-2)6-10(16,17)11(18,19)12(20,21)13(22,23)14(24,25)15(26,27)28/h3-4,8H,1-2,5-7H2. The van der Waals surface area contributed by atoms with E-state index in [-0.39, 0.29) is 0 Å². The van der Waals surface area contributed by atoms with Gasteiger partial charge in [0.15, 0.2) is 0 Å². The van der Waals surface area contributed by atoms with E-state index in [0.29, 0.717) is 6.08 Å². The predicted octanol–water partition coefficient (Wildman–Crippen LogP) is 5.35. The van der Waals surface area contributed by atoms with Crippen molar-refractivity contribution >= 4 is 5.97 Å². The maximum absolute atomic E-state index is 13.9. The fourth-order valence-corrected chi connectivity index (χ4v) is 1.75. The number of hydrogen-bond acceptors (Lipinski definition) is 4. The topological polar surface area (TPSA) is 44.8 Å². The third kappa shape index (κ3) is 5.65. The largest absolute Gasteiger partial charge is 0.460 e. The average Bonchev–Trinajstić information content (AvgIpc) is 2.63. The fraction of sp³-hybridized carbons (Fsp3) is 0.667. The van der Waals surface area contributed by atoms with Crippen molar-refractivity contribution < 1.29 is 76.4 Å². The van der Waals surface area contributed by atoms with Crippen molar-refractivity contribution in [1.82, 2.24) is 0 Å². The van der Waals surface area contributed by atoms with Crippen LogP contribution in [0.25, 0.3) is 0 Å². The second-order valence-electron chi connectivity index (χ2n) is 5.83. The van der Waals surface area contributed by atoms with E-state index in [4.69, 9.17) is 0 Å². The van der Waals surface area contributed by atoms with Crippen LogP contribution in [0.2, 0.25) is 0 Å². The summed E-state index contributed by atoms with van der Waals surface area (Å²) in [5, 5.41) is 0. The molecule has 1 atom stereocenters. The Morgan fingerprint density at radius 3 is 1.66 bits per heavy atom. The Morgan fingerprint density at radius 2 is 1.25 bits per heavy atom. The van der Waals surface area contributed by atoms with Crippen molar-refractivity contribution in [2.75, 3.05) is 13.2 Å². The molecule has 0 rings (SSSR count). The van der Waals surface area contributed by atoms with Crippen molar-refractivity contribution in [2.45, 2.75) is 48.3 Å². The number of ether oxygens (including phenoxy) is 1. The molecule has 0 bridgehead atoms. The Bertz CT molecular complexity index is 673. The third-order valence-electron chi connectivity index (χ3n) is 3.45. The van der Waals surface area contributed by atoms with E-state index in [2.05, 4.69) is 27.7 Å². The summed E-state index contributed by atoms with van der Waals surface area (Å²) in [4.78, 5) is 19.1. The Kier molecular flexibility index (Phi) is 9.22. The van der Waals surface area contributed by atoms with E-state index in [0.717, 1.165) is 6.08 Å². The van der Waals surface area contributed by atoms with Gasteiger partial charge < -0.3 is 4.74 Å². The van der Waals surface area contributed by atoms with Crippen LogP contribution in [0.4, 0.5) is 57.1 Å². The minimum Gasteiger partial charge on any atom is -0.460 e.